The van der Waals surface area contributed by atoms with E-state index < -0.39 is 23.5 Å². The molecule has 0 fully saturated rings. The molecular weight excluding hydrogens is 478 g/mol. The molecule has 0 spiro atoms. The molecule has 1 unspecified atom stereocenters. The van der Waals surface area contributed by atoms with Gasteiger partial charge in [-0.1, -0.05) is 35.0 Å². The normalized spacial score (nSPS) is 12.2. The fraction of sp³-hybridized carbons (Fsp3) is 0.208. The number of carbonyl (C=O) groups excluding carboxylic acids is 1. The third-order valence-corrected chi connectivity index (χ3v) is 6.04. The Morgan fingerprint density at radius 3 is 2.50 bits per heavy atom. The highest BCUT2D eigenvalue weighted by Crippen LogP contribution is 2.35. The molecule has 0 aliphatic carbocycles. The first-order valence-corrected chi connectivity index (χ1v) is 10.8. The lowest BCUT2D eigenvalue weighted by atomic mass is 9.99. The molecule has 0 radical (unpaired) electrons. The van der Waals surface area contributed by atoms with Gasteiger partial charge >= 0.3 is 11.6 Å². The molecule has 2 N–H and O–H groups in total. The first-order chi connectivity index (χ1) is 15.3. The van der Waals surface area contributed by atoms with Crippen LogP contribution in [0.1, 0.15) is 24.5 Å². The number of benzene rings is 2. The van der Waals surface area contributed by atoms with Gasteiger partial charge in [-0.05, 0) is 42.7 Å². The van der Waals surface area contributed by atoms with Crippen LogP contribution in [0, 0.1) is 6.92 Å². The van der Waals surface area contributed by atoms with Crippen LogP contribution < -0.4 is 10.9 Å². The van der Waals surface area contributed by atoms with E-state index >= 15 is 0 Å². The van der Waals surface area contributed by atoms with Gasteiger partial charge in [-0.2, -0.15) is 0 Å². The second kappa shape index (κ2) is 8.63. The number of carbonyl (C=O) groups is 2. The van der Waals surface area contributed by atoms with Crippen LogP contribution >= 0.6 is 15.9 Å². The van der Waals surface area contributed by atoms with Gasteiger partial charge in [0.25, 0.3) is 0 Å². The molecule has 0 aliphatic rings. The number of furan rings is 1. The Morgan fingerprint density at radius 2 is 1.84 bits per heavy atom. The quantitative estimate of drug-likeness (QED) is 0.370. The van der Waals surface area contributed by atoms with Crippen LogP contribution in [0.2, 0.25) is 0 Å². The average Bonchev–Trinajstić information content (AvgIpc) is 3.17. The summed E-state index contributed by atoms with van der Waals surface area (Å²) in [6, 6.07) is 10.4. The molecule has 2 aromatic carbocycles. The molecule has 0 aliphatic heterocycles. The lowest BCUT2D eigenvalue weighted by molar-refractivity contribution is -0.141. The molecule has 0 bridgehead atoms. The first-order valence-electron chi connectivity index (χ1n) is 10.0. The maximum absolute atomic E-state index is 12.6. The maximum Gasteiger partial charge on any atom is 0.340 e. The zero-order valence-corrected chi connectivity index (χ0v) is 19.0. The van der Waals surface area contributed by atoms with Crippen molar-refractivity contribution >= 4 is 49.7 Å². The molecule has 8 heteroatoms. The predicted molar refractivity (Wildman–Crippen MR) is 124 cm³/mol. The summed E-state index contributed by atoms with van der Waals surface area (Å²) in [7, 11) is 0. The van der Waals surface area contributed by atoms with Crippen LogP contribution in [0.15, 0.2) is 60.8 Å². The zero-order valence-electron chi connectivity index (χ0n) is 17.4. The van der Waals surface area contributed by atoms with Crippen LogP contribution in [-0.2, 0) is 16.0 Å². The Bertz CT molecular complexity index is 1400. The Labute approximate surface area is 191 Å². The number of hydrogen-bond acceptors (Lipinski definition) is 5. The molecule has 1 atom stereocenters. The van der Waals surface area contributed by atoms with Gasteiger partial charge < -0.3 is 19.3 Å². The smallest absolute Gasteiger partial charge is 0.340 e. The molecule has 4 rings (SSSR count). The Morgan fingerprint density at radius 1 is 1.12 bits per heavy atom. The number of rotatable bonds is 6. The van der Waals surface area contributed by atoms with E-state index in [4.69, 9.17) is 13.9 Å². The molecule has 32 heavy (non-hydrogen) atoms. The van der Waals surface area contributed by atoms with E-state index in [2.05, 4.69) is 21.2 Å². The molecular formula is C24H20BrNO6. The number of carboxylic acid groups (broad SMARTS) is 1. The number of amides is 1. The van der Waals surface area contributed by atoms with E-state index in [9.17, 15) is 14.4 Å². The van der Waals surface area contributed by atoms with Crippen molar-refractivity contribution in [1.29, 1.82) is 0 Å². The number of carboxylic acids is 1. The van der Waals surface area contributed by atoms with Crippen molar-refractivity contribution in [2.24, 2.45) is 0 Å². The van der Waals surface area contributed by atoms with E-state index in [0.717, 1.165) is 21.0 Å². The predicted octanol–water partition coefficient (Wildman–Crippen LogP) is 4.80. The summed E-state index contributed by atoms with van der Waals surface area (Å²) in [4.78, 5) is 36.2. The van der Waals surface area contributed by atoms with Gasteiger partial charge in [0.1, 0.15) is 17.2 Å². The largest absolute Gasteiger partial charge is 0.480 e. The number of fused-ring (bicyclic) bond motifs is 2. The molecule has 2 heterocycles. The van der Waals surface area contributed by atoms with Crippen LogP contribution in [0.25, 0.3) is 33.1 Å². The van der Waals surface area contributed by atoms with Crippen molar-refractivity contribution in [1.82, 2.24) is 5.32 Å². The summed E-state index contributed by atoms with van der Waals surface area (Å²) in [5, 5.41) is 13.1. The number of aryl methyl sites for hydroxylation is 1. The summed E-state index contributed by atoms with van der Waals surface area (Å²) in [5.41, 5.74) is 2.98. The van der Waals surface area contributed by atoms with Crippen LogP contribution in [-0.4, -0.2) is 23.0 Å². The van der Waals surface area contributed by atoms with E-state index in [1.165, 1.54) is 0 Å². The molecule has 0 saturated carbocycles. The fourth-order valence-electron chi connectivity index (χ4n) is 3.71. The monoisotopic (exact) mass is 497 g/mol. The summed E-state index contributed by atoms with van der Waals surface area (Å²) < 4.78 is 12.1. The molecule has 164 valence electrons. The first kappa shape index (κ1) is 21.8. The van der Waals surface area contributed by atoms with Gasteiger partial charge in [-0.3, -0.25) is 4.79 Å². The van der Waals surface area contributed by atoms with Crippen molar-refractivity contribution in [3.63, 3.8) is 0 Å². The molecule has 0 saturated heterocycles. The van der Waals surface area contributed by atoms with Crippen LogP contribution in [0.5, 0.6) is 0 Å². The van der Waals surface area contributed by atoms with Gasteiger partial charge in [-0.15, -0.1) is 0 Å². The zero-order chi connectivity index (χ0) is 23.0. The molecule has 1 amide bonds. The maximum atomic E-state index is 12.6. The number of nitrogens with one attached hydrogen (secondary N) is 1. The number of halogens is 1. The van der Waals surface area contributed by atoms with E-state index in [1.54, 1.807) is 26.2 Å². The highest BCUT2D eigenvalue weighted by molar-refractivity contribution is 9.10. The van der Waals surface area contributed by atoms with Crippen LogP contribution in [0.4, 0.5) is 0 Å². The third-order valence-electron chi connectivity index (χ3n) is 5.52. The average molecular weight is 498 g/mol. The second-order valence-corrected chi connectivity index (χ2v) is 8.45. The van der Waals surface area contributed by atoms with Gasteiger partial charge in [0.15, 0.2) is 0 Å². The highest BCUT2D eigenvalue weighted by atomic mass is 79.9. The summed E-state index contributed by atoms with van der Waals surface area (Å²) in [6.07, 6.45) is 1.63. The lowest BCUT2D eigenvalue weighted by Crippen LogP contribution is -2.41. The SMILES string of the molecule is CCC(NC(=O)Cc1c(C)c2cc3c(-c4ccc(Br)cc4)coc3cc2oc1=O)C(=O)O. The standard InChI is InChI=1S/C24H20BrNO6/c1-3-19(23(28)29)26-22(27)9-16-12(2)15-8-17-18(13-4-6-14(25)7-5-13)11-31-20(17)10-21(15)32-24(16)30/h4-8,10-11,19H,3,9H2,1-2H3,(H,26,27)(H,28,29). The summed E-state index contributed by atoms with van der Waals surface area (Å²) in [6.45, 7) is 3.41. The second-order valence-electron chi connectivity index (χ2n) is 7.54. The number of hydrogen-bond donors (Lipinski definition) is 2. The molecule has 7 nitrogen and oxygen atoms in total. The van der Waals surface area contributed by atoms with Crippen molar-refractivity contribution < 1.29 is 23.5 Å². The van der Waals surface area contributed by atoms with E-state index in [-0.39, 0.29) is 18.4 Å². The minimum Gasteiger partial charge on any atom is -0.480 e. The van der Waals surface area contributed by atoms with Gasteiger partial charge in [0.2, 0.25) is 5.91 Å². The third kappa shape index (κ3) is 4.05. The Balaban J connectivity index is 1.77. The fourth-order valence-corrected chi connectivity index (χ4v) is 3.98. The van der Waals surface area contributed by atoms with Crippen molar-refractivity contribution in [3.8, 4) is 11.1 Å². The van der Waals surface area contributed by atoms with Crippen LogP contribution in [0.3, 0.4) is 0 Å². The van der Waals surface area contributed by atoms with E-state index in [0.29, 0.717) is 22.1 Å². The highest BCUT2D eigenvalue weighted by Gasteiger charge is 2.21. The minimum absolute atomic E-state index is 0.197. The van der Waals surface area contributed by atoms with E-state index in [1.807, 2.05) is 30.3 Å². The van der Waals surface area contributed by atoms with Gasteiger partial charge in [0.05, 0.1) is 18.2 Å². The molecule has 4 aromatic rings. The van der Waals surface area contributed by atoms with Crippen molar-refractivity contribution in [2.45, 2.75) is 32.7 Å². The topological polar surface area (TPSA) is 110 Å². The summed E-state index contributed by atoms with van der Waals surface area (Å²) >= 11 is 3.43. The Kier molecular flexibility index (Phi) is 5.88. The Hall–Kier alpha value is -3.39. The summed E-state index contributed by atoms with van der Waals surface area (Å²) in [5.74, 6) is -1.67. The minimum atomic E-state index is -1.12. The van der Waals surface area contributed by atoms with Crippen molar-refractivity contribution in [2.75, 3.05) is 0 Å². The number of aliphatic carboxylic acids is 1. The van der Waals surface area contributed by atoms with Crippen molar-refractivity contribution in [3.05, 3.63) is 68.7 Å². The van der Waals surface area contributed by atoms with Gasteiger partial charge in [-0.25, -0.2) is 9.59 Å². The van der Waals surface area contributed by atoms with Gasteiger partial charge in [0, 0.05) is 26.9 Å². The molecule has 2 aromatic heterocycles. The lowest BCUT2D eigenvalue weighted by Gasteiger charge is -2.13.